The maximum atomic E-state index is 12.5. The smallest absolute Gasteiger partial charge is 0.121 e. The Labute approximate surface area is 198 Å². The van der Waals surface area contributed by atoms with Crippen molar-refractivity contribution in [2.24, 2.45) is 5.41 Å². The average Bonchev–Trinajstić information content (AvgIpc) is 2.90. The number of aliphatic hydroxyl groups is 1. The van der Waals surface area contributed by atoms with E-state index in [1.54, 1.807) is 0 Å². The molecule has 0 saturated carbocycles. The Balaban J connectivity index is 1.26. The number of rotatable bonds is 9. The molecule has 0 spiro atoms. The summed E-state index contributed by atoms with van der Waals surface area (Å²) in [5.41, 5.74) is 2.27. The lowest BCUT2D eigenvalue weighted by molar-refractivity contribution is -0.946. The maximum Gasteiger partial charge on any atom is 0.121 e. The van der Waals surface area contributed by atoms with E-state index < -0.39 is 5.60 Å². The van der Waals surface area contributed by atoms with Crippen molar-refractivity contribution in [3.63, 3.8) is 0 Å². The van der Waals surface area contributed by atoms with Gasteiger partial charge in [-0.1, -0.05) is 91.0 Å². The van der Waals surface area contributed by atoms with Crippen LogP contribution >= 0.6 is 0 Å². The molecule has 3 aromatic rings. The number of nitrogens with zero attached hydrogens (tertiary/aromatic N) is 1. The molecule has 3 heteroatoms. The van der Waals surface area contributed by atoms with Crippen molar-refractivity contribution in [3.05, 3.63) is 108 Å². The van der Waals surface area contributed by atoms with Crippen molar-refractivity contribution in [3.8, 4) is 0 Å². The topological polar surface area (TPSA) is 29.5 Å². The Kier molecular flexibility index (Phi) is 6.38. The van der Waals surface area contributed by atoms with E-state index in [9.17, 15) is 5.11 Å². The number of fused-ring (bicyclic) bond motifs is 3. The molecule has 0 unspecified atom stereocenters. The van der Waals surface area contributed by atoms with Gasteiger partial charge >= 0.3 is 0 Å². The number of piperidine rings is 3. The molecule has 3 saturated heterocycles. The molecule has 0 amide bonds. The minimum atomic E-state index is -0.940. The standard InChI is InChI=1S/C30H36NO2/c32-30(27-13-6-2-7-14-27,28-15-8-3-9-16-28)29-17-21-31(22-18-29,23-19-29)20-10-24-33-25-26-11-4-1-5-12-26/h1-9,11-16,32H,10,17-25H2/q+1. The Morgan fingerprint density at radius 3 is 1.73 bits per heavy atom. The first-order valence-corrected chi connectivity index (χ1v) is 12.5. The SMILES string of the molecule is OC(c1ccccc1)(c1ccccc1)C12CC[N+](CCCOCc3ccccc3)(CC1)CC2. The molecule has 3 aromatic carbocycles. The Bertz CT molecular complexity index is 955. The Morgan fingerprint density at radius 1 is 0.727 bits per heavy atom. The summed E-state index contributed by atoms with van der Waals surface area (Å²) in [5.74, 6) is 0. The fourth-order valence-corrected chi connectivity index (χ4v) is 6.35. The molecule has 0 atom stereocenters. The Morgan fingerprint density at radius 2 is 1.21 bits per heavy atom. The molecule has 172 valence electrons. The van der Waals surface area contributed by atoms with Crippen molar-refractivity contribution in [2.75, 3.05) is 32.8 Å². The number of hydrogen-bond acceptors (Lipinski definition) is 2. The van der Waals surface area contributed by atoms with Crippen molar-refractivity contribution in [1.82, 2.24) is 0 Å². The first-order chi connectivity index (χ1) is 16.2. The zero-order valence-corrected chi connectivity index (χ0v) is 19.5. The zero-order chi connectivity index (χ0) is 22.6. The van der Waals surface area contributed by atoms with Crippen LogP contribution in [-0.2, 0) is 16.9 Å². The minimum absolute atomic E-state index is 0.0977. The summed E-state index contributed by atoms with van der Waals surface area (Å²) < 4.78 is 7.14. The molecule has 3 fully saturated rings. The van der Waals surface area contributed by atoms with Gasteiger partial charge in [0, 0.05) is 31.1 Å². The second kappa shape index (κ2) is 9.42. The average molecular weight is 443 g/mol. The van der Waals surface area contributed by atoms with Gasteiger partial charge in [-0.25, -0.2) is 0 Å². The second-order valence-corrected chi connectivity index (χ2v) is 10.1. The first-order valence-electron chi connectivity index (χ1n) is 12.5. The van der Waals surface area contributed by atoms with E-state index in [2.05, 4.69) is 72.8 Å². The van der Waals surface area contributed by atoms with Crippen LogP contribution in [-0.4, -0.2) is 42.4 Å². The van der Waals surface area contributed by atoms with Gasteiger partial charge in [0.15, 0.2) is 0 Å². The second-order valence-electron chi connectivity index (χ2n) is 10.1. The van der Waals surface area contributed by atoms with Gasteiger partial charge in [0.1, 0.15) is 5.60 Å². The summed E-state index contributed by atoms with van der Waals surface area (Å²) in [6.07, 6.45) is 4.30. The lowest BCUT2D eigenvalue weighted by atomic mass is 9.56. The zero-order valence-electron chi connectivity index (χ0n) is 19.5. The van der Waals surface area contributed by atoms with Gasteiger partial charge < -0.3 is 14.3 Å². The van der Waals surface area contributed by atoms with E-state index in [1.165, 1.54) is 16.6 Å². The highest BCUT2D eigenvalue weighted by atomic mass is 16.5. The van der Waals surface area contributed by atoms with Crippen LogP contribution in [0.3, 0.4) is 0 Å². The molecule has 3 heterocycles. The molecular weight excluding hydrogens is 406 g/mol. The van der Waals surface area contributed by atoms with E-state index in [-0.39, 0.29) is 5.41 Å². The van der Waals surface area contributed by atoms with E-state index >= 15 is 0 Å². The molecule has 3 aliphatic rings. The van der Waals surface area contributed by atoms with Crippen LogP contribution in [0.5, 0.6) is 0 Å². The lowest BCUT2D eigenvalue weighted by Gasteiger charge is -2.60. The summed E-state index contributed by atoms with van der Waals surface area (Å²) in [7, 11) is 0. The molecule has 33 heavy (non-hydrogen) atoms. The molecule has 0 aromatic heterocycles. The van der Waals surface area contributed by atoms with Gasteiger partial charge in [-0.05, 0) is 16.7 Å². The molecular formula is C30H36NO2+. The van der Waals surface area contributed by atoms with E-state index in [0.717, 1.165) is 63.1 Å². The summed E-state index contributed by atoms with van der Waals surface area (Å²) in [4.78, 5) is 0. The molecule has 0 radical (unpaired) electrons. The van der Waals surface area contributed by atoms with Crippen LogP contribution < -0.4 is 0 Å². The van der Waals surface area contributed by atoms with Gasteiger partial charge in [0.25, 0.3) is 0 Å². The predicted octanol–water partition coefficient (Wildman–Crippen LogP) is 5.53. The highest BCUT2D eigenvalue weighted by Crippen LogP contribution is 2.57. The van der Waals surface area contributed by atoms with Gasteiger partial charge in [0.05, 0.1) is 39.4 Å². The number of benzene rings is 3. The highest BCUT2D eigenvalue weighted by molar-refractivity contribution is 5.39. The van der Waals surface area contributed by atoms with Crippen molar-refractivity contribution < 1.29 is 14.3 Å². The van der Waals surface area contributed by atoms with Gasteiger partial charge in [-0.15, -0.1) is 0 Å². The maximum absolute atomic E-state index is 12.5. The van der Waals surface area contributed by atoms with Crippen LogP contribution in [0.15, 0.2) is 91.0 Å². The summed E-state index contributed by atoms with van der Waals surface area (Å²) >= 11 is 0. The van der Waals surface area contributed by atoms with E-state index in [0.29, 0.717) is 6.61 Å². The minimum Gasteiger partial charge on any atom is -0.380 e. The van der Waals surface area contributed by atoms with Gasteiger partial charge in [-0.2, -0.15) is 0 Å². The van der Waals surface area contributed by atoms with E-state index in [1.807, 2.05) is 18.2 Å². The van der Waals surface area contributed by atoms with Gasteiger partial charge in [-0.3, -0.25) is 0 Å². The van der Waals surface area contributed by atoms with Crippen LogP contribution in [0.4, 0.5) is 0 Å². The molecule has 3 aliphatic heterocycles. The van der Waals surface area contributed by atoms with E-state index in [4.69, 9.17) is 4.74 Å². The predicted molar refractivity (Wildman–Crippen MR) is 133 cm³/mol. The fourth-order valence-electron chi connectivity index (χ4n) is 6.35. The number of ether oxygens (including phenoxy) is 1. The summed E-state index contributed by atoms with van der Waals surface area (Å²) in [6.45, 7) is 6.16. The third kappa shape index (κ3) is 4.26. The molecule has 1 N–H and O–H groups in total. The molecule has 3 nitrogen and oxygen atoms in total. The summed E-state index contributed by atoms with van der Waals surface area (Å²) in [6, 6.07) is 31.2. The molecule has 2 bridgehead atoms. The number of hydrogen-bond donors (Lipinski definition) is 1. The molecule has 0 aliphatic carbocycles. The van der Waals surface area contributed by atoms with Crippen molar-refractivity contribution in [2.45, 2.75) is 37.9 Å². The van der Waals surface area contributed by atoms with Crippen molar-refractivity contribution >= 4 is 0 Å². The van der Waals surface area contributed by atoms with Crippen LogP contribution in [0, 0.1) is 5.41 Å². The van der Waals surface area contributed by atoms with Crippen LogP contribution in [0.1, 0.15) is 42.4 Å². The quantitative estimate of drug-likeness (QED) is 0.349. The Hall–Kier alpha value is -2.46. The van der Waals surface area contributed by atoms with Crippen LogP contribution in [0.25, 0.3) is 0 Å². The fraction of sp³-hybridized carbons (Fsp3) is 0.400. The molecule has 6 rings (SSSR count). The lowest BCUT2D eigenvalue weighted by Crippen LogP contribution is -2.66. The normalized spacial score (nSPS) is 24.6. The highest BCUT2D eigenvalue weighted by Gasteiger charge is 2.60. The largest absolute Gasteiger partial charge is 0.380 e. The van der Waals surface area contributed by atoms with Gasteiger partial charge in [0.2, 0.25) is 0 Å². The number of quaternary nitrogens is 1. The monoisotopic (exact) mass is 442 g/mol. The third-order valence-electron chi connectivity index (χ3n) is 8.38. The third-order valence-corrected chi connectivity index (χ3v) is 8.38. The first kappa shape index (κ1) is 22.3. The summed E-state index contributed by atoms with van der Waals surface area (Å²) in [5, 5.41) is 12.5. The van der Waals surface area contributed by atoms with Crippen LogP contribution in [0.2, 0.25) is 0 Å². The van der Waals surface area contributed by atoms with Crippen molar-refractivity contribution in [1.29, 1.82) is 0 Å².